The quantitative estimate of drug-likeness (QED) is 0.529. The van der Waals surface area contributed by atoms with E-state index in [4.69, 9.17) is 22.1 Å². The molecule has 2 N–H and O–H groups in total. The first-order valence-electron chi connectivity index (χ1n) is 10.7. The fraction of sp³-hybridized carbons (Fsp3) is 0.292. The van der Waals surface area contributed by atoms with Crippen molar-refractivity contribution in [2.45, 2.75) is 19.1 Å². The van der Waals surface area contributed by atoms with Gasteiger partial charge >= 0.3 is 0 Å². The lowest BCUT2D eigenvalue weighted by Crippen LogP contribution is -2.34. The highest BCUT2D eigenvalue weighted by Gasteiger charge is 2.28. The lowest BCUT2D eigenvalue weighted by atomic mass is 10.1. The van der Waals surface area contributed by atoms with Gasteiger partial charge in [0.1, 0.15) is 18.2 Å². The third-order valence-corrected chi connectivity index (χ3v) is 6.28. The van der Waals surface area contributed by atoms with E-state index >= 15 is 0 Å². The number of ether oxygens (including phenoxy) is 1. The van der Waals surface area contributed by atoms with Crippen molar-refractivity contribution in [2.75, 3.05) is 32.9 Å². The fourth-order valence-electron chi connectivity index (χ4n) is 3.78. The molecule has 0 radical (unpaired) electrons. The summed E-state index contributed by atoms with van der Waals surface area (Å²) in [6, 6.07) is 9.27. The maximum atomic E-state index is 14.0. The van der Waals surface area contributed by atoms with E-state index in [9.17, 15) is 13.6 Å². The molecule has 1 aliphatic heterocycles. The molecule has 1 saturated heterocycles. The van der Waals surface area contributed by atoms with Crippen LogP contribution in [0.3, 0.4) is 0 Å². The Morgan fingerprint density at radius 3 is 2.59 bits per heavy atom. The summed E-state index contributed by atoms with van der Waals surface area (Å²) >= 11 is 5.85. The average Bonchev–Trinajstić information content (AvgIpc) is 3.33. The molecule has 10 heteroatoms. The highest BCUT2D eigenvalue weighted by Crippen LogP contribution is 2.27. The van der Waals surface area contributed by atoms with Gasteiger partial charge in [0, 0.05) is 35.8 Å². The summed E-state index contributed by atoms with van der Waals surface area (Å²) in [5, 5.41) is -0.363. The number of amides is 1. The van der Waals surface area contributed by atoms with Gasteiger partial charge in [-0.1, -0.05) is 23.7 Å². The molecular weight excluding hydrogens is 464 g/mol. The van der Waals surface area contributed by atoms with Crippen LogP contribution in [0.15, 0.2) is 42.6 Å². The lowest BCUT2D eigenvalue weighted by molar-refractivity contribution is 0.0783. The summed E-state index contributed by atoms with van der Waals surface area (Å²) in [7, 11) is 4.03. The van der Waals surface area contributed by atoms with Gasteiger partial charge in [-0.25, -0.2) is 18.7 Å². The van der Waals surface area contributed by atoms with Crippen molar-refractivity contribution >= 4 is 23.3 Å². The lowest BCUT2D eigenvalue weighted by Gasteiger charge is -2.20. The van der Waals surface area contributed by atoms with Crippen LogP contribution in [0.4, 0.5) is 14.6 Å². The van der Waals surface area contributed by atoms with Crippen LogP contribution in [0.25, 0.3) is 11.3 Å². The zero-order valence-corrected chi connectivity index (χ0v) is 19.5. The summed E-state index contributed by atoms with van der Waals surface area (Å²) in [5.41, 5.74) is 7.43. The molecule has 2 heterocycles. The SMILES string of the molecule is CN(C)[C@H]1CCN(C(=O)c2ccc(-c3cnc(N)c(OCc4c(F)ccc(F)c4Cl)n3)cc2)C1. The normalized spacial score (nSPS) is 15.7. The van der Waals surface area contributed by atoms with Crippen LogP contribution in [0, 0.1) is 11.6 Å². The highest BCUT2D eigenvalue weighted by molar-refractivity contribution is 6.31. The topological polar surface area (TPSA) is 84.6 Å². The van der Waals surface area contributed by atoms with Crippen molar-refractivity contribution in [2.24, 2.45) is 0 Å². The van der Waals surface area contributed by atoms with Gasteiger partial charge < -0.3 is 20.3 Å². The van der Waals surface area contributed by atoms with E-state index in [1.54, 1.807) is 24.3 Å². The van der Waals surface area contributed by atoms with E-state index in [1.807, 2.05) is 19.0 Å². The Morgan fingerprint density at radius 1 is 1.21 bits per heavy atom. The number of likely N-dealkylation sites (tertiary alicyclic amines) is 1. The third kappa shape index (κ3) is 4.95. The molecule has 0 spiro atoms. The maximum Gasteiger partial charge on any atom is 0.258 e. The number of nitrogens with zero attached hydrogens (tertiary/aromatic N) is 4. The number of nitrogen functional groups attached to an aromatic ring is 1. The Hall–Kier alpha value is -3.30. The van der Waals surface area contributed by atoms with Crippen LogP contribution in [0.1, 0.15) is 22.3 Å². The molecular formula is C24H24ClF2N5O2. The molecule has 0 aliphatic carbocycles. The number of benzene rings is 2. The first kappa shape index (κ1) is 23.8. The summed E-state index contributed by atoms with van der Waals surface area (Å²) in [4.78, 5) is 25.3. The molecule has 0 saturated carbocycles. The van der Waals surface area contributed by atoms with Gasteiger partial charge in [-0.3, -0.25) is 4.79 Å². The largest absolute Gasteiger partial charge is 0.470 e. The molecule has 1 fully saturated rings. The molecule has 3 aromatic rings. The Bertz CT molecular complexity index is 1210. The molecule has 7 nitrogen and oxygen atoms in total. The Kier molecular flexibility index (Phi) is 6.95. The van der Waals surface area contributed by atoms with Crippen LogP contribution >= 0.6 is 11.6 Å². The number of aromatic nitrogens is 2. The van der Waals surface area contributed by atoms with E-state index < -0.39 is 11.6 Å². The minimum Gasteiger partial charge on any atom is -0.470 e. The molecule has 34 heavy (non-hydrogen) atoms. The van der Waals surface area contributed by atoms with Crippen molar-refractivity contribution in [3.63, 3.8) is 0 Å². The van der Waals surface area contributed by atoms with Gasteiger partial charge in [0.25, 0.3) is 11.8 Å². The number of nitrogens with two attached hydrogens (primary N) is 1. The van der Waals surface area contributed by atoms with Crippen molar-refractivity contribution in [1.29, 1.82) is 0 Å². The van der Waals surface area contributed by atoms with Crippen LogP contribution in [-0.4, -0.2) is 58.9 Å². The summed E-state index contributed by atoms with van der Waals surface area (Å²) in [6.07, 6.45) is 2.42. The van der Waals surface area contributed by atoms with Gasteiger partial charge in [0.15, 0.2) is 5.82 Å². The summed E-state index contributed by atoms with van der Waals surface area (Å²) in [6.45, 7) is 1.05. The Morgan fingerprint density at radius 2 is 1.91 bits per heavy atom. The monoisotopic (exact) mass is 487 g/mol. The number of halogens is 3. The van der Waals surface area contributed by atoms with E-state index in [0.717, 1.165) is 25.1 Å². The van der Waals surface area contributed by atoms with Gasteiger partial charge in [-0.2, -0.15) is 0 Å². The highest BCUT2D eigenvalue weighted by atomic mass is 35.5. The zero-order valence-electron chi connectivity index (χ0n) is 18.8. The van der Waals surface area contributed by atoms with Crippen LogP contribution in [-0.2, 0) is 6.61 Å². The number of rotatable bonds is 6. The number of hydrogen-bond acceptors (Lipinski definition) is 6. The van der Waals surface area contributed by atoms with Gasteiger partial charge in [0.05, 0.1) is 16.9 Å². The molecule has 1 aliphatic rings. The first-order chi connectivity index (χ1) is 16.2. The standard InChI is InChI=1S/C24H24ClF2N5O2/c1-31(2)16-9-10-32(12-16)24(33)15-5-3-14(4-6-15)20-11-29-22(28)23(30-20)34-13-17-18(26)7-8-19(27)21(17)25/h3-8,11,16H,9-10,12-13H2,1-2H3,(H2,28,29)/t16-/m0/s1. The summed E-state index contributed by atoms with van der Waals surface area (Å²) < 4.78 is 33.2. The second kappa shape index (κ2) is 9.90. The fourth-order valence-corrected chi connectivity index (χ4v) is 3.99. The minimum atomic E-state index is -0.754. The van der Waals surface area contributed by atoms with E-state index in [2.05, 4.69) is 14.9 Å². The number of hydrogen-bond donors (Lipinski definition) is 1. The first-order valence-corrected chi connectivity index (χ1v) is 11.1. The second-order valence-corrected chi connectivity index (χ2v) is 8.67. The van der Waals surface area contributed by atoms with Crippen LogP contribution in [0.2, 0.25) is 5.02 Å². The number of anilines is 1. The molecule has 1 atom stereocenters. The number of carbonyl (C=O) groups excluding carboxylic acids is 1. The smallest absolute Gasteiger partial charge is 0.258 e. The third-order valence-electron chi connectivity index (χ3n) is 5.87. The predicted octanol–water partition coefficient (Wildman–Crippen LogP) is 4.01. The molecule has 178 valence electrons. The number of carbonyl (C=O) groups is 1. The second-order valence-electron chi connectivity index (χ2n) is 8.29. The zero-order chi connectivity index (χ0) is 24.4. The van der Waals surface area contributed by atoms with Crippen LogP contribution in [0.5, 0.6) is 5.88 Å². The van der Waals surface area contributed by atoms with Crippen molar-refractivity contribution in [3.05, 3.63) is 70.4 Å². The van der Waals surface area contributed by atoms with Crippen molar-refractivity contribution in [1.82, 2.24) is 19.8 Å². The van der Waals surface area contributed by atoms with Crippen LogP contribution < -0.4 is 10.5 Å². The molecule has 1 amide bonds. The molecule has 0 bridgehead atoms. The maximum absolute atomic E-state index is 14.0. The Balaban J connectivity index is 1.48. The molecule has 0 unspecified atom stereocenters. The number of likely N-dealkylation sites (N-methyl/N-ethyl adjacent to an activating group) is 1. The van der Waals surface area contributed by atoms with Crippen molar-refractivity contribution in [3.8, 4) is 17.1 Å². The molecule has 1 aromatic heterocycles. The average molecular weight is 488 g/mol. The molecule has 4 rings (SSSR count). The van der Waals surface area contributed by atoms with E-state index in [1.165, 1.54) is 6.20 Å². The van der Waals surface area contributed by atoms with E-state index in [-0.39, 0.29) is 34.8 Å². The molecule has 2 aromatic carbocycles. The minimum absolute atomic E-state index is 0.00652. The van der Waals surface area contributed by atoms with Gasteiger partial charge in [-0.15, -0.1) is 0 Å². The Labute approximate surface area is 201 Å². The van der Waals surface area contributed by atoms with Crippen molar-refractivity contribution < 1.29 is 18.3 Å². The summed E-state index contributed by atoms with van der Waals surface area (Å²) in [5.74, 6) is -1.52. The van der Waals surface area contributed by atoms with E-state index in [0.29, 0.717) is 29.4 Å². The predicted molar refractivity (Wildman–Crippen MR) is 126 cm³/mol. The van der Waals surface area contributed by atoms with Gasteiger partial charge in [-0.05, 0) is 44.8 Å². The van der Waals surface area contributed by atoms with Gasteiger partial charge in [0.2, 0.25) is 0 Å².